The molecule has 14 nitrogen and oxygen atoms in total. The highest BCUT2D eigenvalue weighted by atomic mass is 33.1. The third-order valence-corrected chi connectivity index (χ3v) is 13.7. The van der Waals surface area contributed by atoms with E-state index in [0.29, 0.717) is 34.3 Å². The van der Waals surface area contributed by atoms with Gasteiger partial charge in [-0.2, -0.15) is 13.1 Å². The van der Waals surface area contributed by atoms with Gasteiger partial charge in [-0.25, -0.2) is 13.0 Å². The molecule has 0 fully saturated rings. The number of carbonyl (C=O) groups is 2. The molecule has 0 unspecified atom stereocenters. The summed E-state index contributed by atoms with van der Waals surface area (Å²) < 4.78 is 75.5. The summed E-state index contributed by atoms with van der Waals surface area (Å²) in [5.41, 5.74) is 8.15. The maximum absolute atomic E-state index is 13.9. The van der Waals surface area contributed by atoms with Crippen LogP contribution in [0.25, 0.3) is 33.4 Å². The van der Waals surface area contributed by atoms with Crippen LogP contribution in [0, 0.1) is 0 Å². The first-order valence-corrected chi connectivity index (χ1v) is 23.0. The number of fused-ring (bicyclic) bond motifs is 2. The molecule has 18 heteroatoms. The molecule has 2 aromatic carbocycles. The lowest BCUT2D eigenvalue weighted by Gasteiger charge is -2.23. The highest BCUT2D eigenvalue weighted by molar-refractivity contribution is 8.76. The van der Waals surface area contributed by atoms with E-state index in [-0.39, 0.29) is 23.8 Å². The maximum atomic E-state index is 13.9. The Balaban J connectivity index is 1.93. The second-order valence-corrected chi connectivity index (χ2v) is 18.2. The van der Waals surface area contributed by atoms with Gasteiger partial charge in [0, 0.05) is 64.8 Å². The van der Waals surface area contributed by atoms with E-state index in [1.165, 1.54) is 33.7 Å². The van der Waals surface area contributed by atoms with Crippen molar-refractivity contribution in [3.8, 4) is 22.5 Å². The lowest BCUT2D eigenvalue weighted by atomic mass is 9.93. The molecule has 294 valence electrons. The van der Waals surface area contributed by atoms with E-state index in [1.807, 2.05) is 70.3 Å². The number of carboxylic acids is 1. The number of hydrogen-bond acceptors (Lipinski definition) is 11. The van der Waals surface area contributed by atoms with Gasteiger partial charge in [0.2, 0.25) is 21.3 Å². The SMILES string of the molecule is CCN(CC)c1ccc2c(-c3ccc(S(=O)(=O)N[C@@H](CC[C@@H](CN)SSC)C(=O)NCC(=O)O)cc3S(=O)(=O)O)c3ccc(=[N+](CC)CC)cc-3oc2c1. The van der Waals surface area contributed by atoms with Gasteiger partial charge >= 0.3 is 5.97 Å². The second kappa shape index (κ2) is 18.8. The molecule has 2 aromatic rings. The van der Waals surface area contributed by atoms with E-state index >= 15 is 0 Å². The molecular weight excluding hydrogens is 775 g/mol. The Hall–Kier alpha value is -3.65. The molecule has 0 saturated carbocycles. The second-order valence-electron chi connectivity index (χ2n) is 12.3. The molecule has 2 atom stereocenters. The van der Waals surface area contributed by atoms with E-state index in [4.69, 9.17) is 15.3 Å². The van der Waals surface area contributed by atoms with Gasteiger partial charge in [0.05, 0.1) is 11.0 Å². The van der Waals surface area contributed by atoms with Gasteiger partial charge in [-0.05, 0) is 77.1 Å². The molecule has 1 aliphatic carbocycles. The van der Waals surface area contributed by atoms with Crippen molar-refractivity contribution in [3.05, 3.63) is 60.0 Å². The molecular formula is C36H48N5O9S4+. The smallest absolute Gasteiger partial charge is 0.322 e. The van der Waals surface area contributed by atoms with Crippen LogP contribution < -0.4 is 30.6 Å². The molecule has 1 amide bonds. The Labute approximate surface area is 324 Å². The summed E-state index contributed by atoms with van der Waals surface area (Å²) in [6, 6.07) is 13.1. The van der Waals surface area contributed by atoms with Crippen LogP contribution in [0.5, 0.6) is 0 Å². The van der Waals surface area contributed by atoms with Crippen LogP contribution in [0.1, 0.15) is 40.5 Å². The van der Waals surface area contributed by atoms with Crippen LogP contribution in [-0.4, -0.2) is 95.2 Å². The normalized spacial score (nSPS) is 13.2. The first-order chi connectivity index (χ1) is 25.6. The zero-order valence-corrected chi connectivity index (χ0v) is 34.1. The molecule has 54 heavy (non-hydrogen) atoms. The molecule has 4 rings (SSSR count). The number of nitrogens with zero attached hydrogens (tertiary/aromatic N) is 2. The van der Waals surface area contributed by atoms with Crippen LogP contribution in [0.15, 0.2) is 68.8 Å². The number of hydrogen-bond donors (Lipinski definition) is 5. The van der Waals surface area contributed by atoms with Crippen LogP contribution in [-0.2, 0) is 29.7 Å². The number of nitrogens with one attached hydrogen (secondary N) is 2. The standard InChI is InChI=1S/C36H47N5O9S4/c1-6-40(7-2)23-10-14-27-31(18-23)50-32-19-24(41(8-3)9-4)11-15-28(32)35(27)29-16-13-26(20-33(29)54(47,48)49)53(45,46)39-30(36(44)38-22-34(42)43)17-12-25(21-37)52-51-5/h10-11,13-16,18-20,25,30,39H,6-9,12,17,21-22,37H2,1-5H3,(H2-,38,42,43,44,47,48,49)/p+1/t25-,30-/m0/s1. The number of benzene rings is 3. The van der Waals surface area contributed by atoms with Crippen molar-refractivity contribution >= 4 is 70.3 Å². The molecule has 0 radical (unpaired) electrons. The fraction of sp³-hybridized carbons (Fsp3) is 0.417. The highest BCUT2D eigenvalue weighted by Gasteiger charge is 2.30. The summed E-state index contributed by atoms with van der Waals surface area (Å²) in [4.78, 5) is 25.1. The van der Waals surface area contributed by atoms with Crippen molar-refractivity contribution in [2.75, 3.05) is 50.4 Å². The Kier molecular flexibility index (Phi) is 15.0. The molecule has 1 aliphatic heterocycles. The molecule has 1 heterocycles. The molecule has 0 spiro atoms. The minimum atomic E-state index is -5.06. The summed E-state index contributed by atoms with van der Waals surface area (Å²) in [5.74, 6) is -1.75. The maximum Gasteiger partial charge on any atom is 0.322 e. The predicted molar refractivity (Wildman–Crippen MR) is 216 cm³/mol. The lowest BCUT2D eigenvalue weighted by Crippen LogP contribution is -2.48. The van der Waals surface area contributed by atoms with Crippen molar-refractivity contribution in [2.45, 2.75) is 61.6 Å². The summed E-state index contributed by atoms with van der Waals surface area (Å²) in [6.07, 6.45) is 2.14. The minimum absolute atomic E-state index is 0.0280. The largest absolute Gasteiger partial charge is 0.480 e. The van der Waals surface area contributed by atoms with Crippen LogP contribution in [0.3, 0.4) is 0 Å². The monoisotopic (exact) mass is 822 g/mol. The highest BCUT2D eigenvalue weighted by Crippen LogP contribution is 2.43. The van der Waals surface area contributed by atoms with Crippen molar-refractivity contribution in [1.82, 2.24) is 14.6 Å². The number of rotatable bonds is 19. The van der Waals surface area contributed by atoms with Crippen LogP contribution >= 0.6 is 21.6 Å². The molecule has 0 saturated heterocycles. The number of carbonyl (C=O) groups excluding carboxylic acids is 1. The summed E-state index contributed by atoms with van der Waals surface area (Å²) in [7, 11) is -6.76. The summed E-state index contributed by atoms with van der Waals surface area (Å²) >= 11 is 0. The van der Waals surface area contributed by atoms with Gasteiger partial charge in [-0.1, -0.05) is 27.7 Å². The van der Waals surface area contributed by atoms with Crippen molar-refractivity contribution in [2.24, 2.45) is 5.73 Å². The molecule has 2 aliphatic rings. The average molecular weight is 823 g/mol. The van der Waals surface area contributed by atoms with Gasteiger partial charge < -0.3 is 25.5 Å². The fourth-order valence-electron chi connectivity index (χ4n) is 6.30. The molecule has 0 bridgehead atoms. The number of aliphatic carboxylic acids is 1. The van der Waals surface area contributed by atoms with E-state index in [1.54, 1.807) is 0 Å². The van der Waals surface area contributed by atoms with E-state index in [0.717, 1.165) is 43.3 Å². The topological polar surface area (TPSA) is 212 Å². The Bertz CT molecular complexity index is 2230. The lowest BCUT2D eigenvalue weighted by molar-refractivity contribution is -0.138. The van der Waals surface area contributed by atoms with Crippen LogP contribution in [0.4, 0.5) is 5.69 Å². The first kappa shape index (κ1) is 43.1. The molecule has 6 N–H and O–H groups in total. The number of amides is 1. The Morgan fingerprint density at radius 1 is 0.944 bits per heavy atom. The first-order valence-electron chi connectivity index (χ1n) is 17.5. The average Bonchev–Trinajstić information content (AvgIpc) is 3.14. The zero-order chi connectivity index (χ0) is 39.8. The van der Waals surface area contributed by atoms with E-state index in [9.17, 15) is 31.0 Å². The third kappa shape index (κ3) is 10.1. The summed E-state index contributed by atoms with van der Waals surface area (Å²) in [6.45, 7) is 10.6. The number of carboxylic acid groups (broad SMARTS) is 1. The fourth-order valence-corrected chi connectivity index (χ4v) is 10.3. The number of sulfonamides is 1. The Morgan fingerprint density at radius 2 is 1.63 bits per heavy atom. The van der Waals surface area contributed by atoms with Crippen molar-refractivity contribution < 1.29 is 40.5 Å². The zero-order valence-electron chi connectivity index (χ0n) is 30.9. The minimum Gasteiger partial charge on any atom is -0.480 e. The van der Waals surface area contributed by atoms with Crippen LogP contribution in [0.2, 0.25) is 0 Å². The van der Waals surface area contributed by atoms with Crippen molar-refractivity contribution in [3.63, 3.8) is 0 Å². The molecule has 0 aromatic heterocycles. The quantitative estimate of drug-likeness (QED) is 0.0391. The van der Waals surface area contributed by atoms with Gasteiger partial charge in [-0.3, -0.25) is 14.1 Å². The Morgan fingerprint density at radius 3 is 2.22 bits per heavy atom. The number of nitrogens with two attached hydrogens (primary N) is 1. The third-order valence-electron chi connectivity index (χ3n) is 9.06. The van der Waals surface area contributed by atoms with Gasteiger partial charge in [-0.15, -0.1) is 0 Å². The van der Waals surface area contributed by atoms with Gasteiger partial charge in [0.15, 0.2) is 0 Å². The van der Waals surface area contributed by atoms with Gasteiger partial charge in [0.1, 0.15) is 41.9 Å². The van der Waals surface area contributed by atoms with E-state index < -0.39 is 54.4 Å². The predicted octanol–water partition coefficient (Wildman–Crippen LogP) is 4.08. The summed E-state index contributed by atoms with van der Waals surface area (Å²) in [5, 5.41) is 12.6. The van der Waals surface area contributed by atoms with E-state index in [2.05, 4.69) is 19.5 Å². The van der Waals surface area contributed by atoms with Gasteiger partial charge in [0.25, 0.3) is 10.1 Å². The number of anilines is 1. The van der Waals surface area contributed by atoms with Crippen molar-refractivity contribution in [1.29, 1.82) is 0 Å².